The van der Waals surface area contributed by atoms with Crippen molar-refractivity contribution in [3.63, 3.8) is 0 Å². The summed E-state index contributed by atoms with van der Waals surface area (Å²) < 4.78 is 5.49. The molecule has 1 aromatic heterocycles. The van der Waals surface area contributed by atoms with Crippen LogP contribution >= 0.6 is 11.8 Å². The number of aryl methyl sites for hydroxylation is 1. The molecule has 1 rings (SSSR count). The van der Waals surface area contributed by atoms with Gasteiger partial charge in [0.15, 0.2) is 5.96 Å². The van der Waals surface area contributed by atoms with Crippen LogP contribution in [0.4, 0.5) is 0 Å². The molecule has 0 aliphatic rings. The van der Waals surface area contributed by atoms with E-state index in [1.165, 1.54) is 0 Å². The van der Waals surface area contributed by atoms with E-state index >= 15 is 0 Å². The number of aliphatic hydroxyl groups is 1. The zero-order valence-corrected chi connectivity index (χ0v) is 14.2. The molecule has 0 bridgehead atoms. The van der Waals surface area contributed by atoms with E-state index in [2.05, 4.69) is 21.9 Å². The zero-order valence-electron chi connectivity index (χ0n) is 13.4. The van der Waals surface area contributed by atoms with Gasteiger partial charge in [0.1, 0.15) is 17.1 Å². The van der Waals surface area contributed by atoms with Gasteiger partial charge in [-0.25, -0.2) is 4.99 Å². The Labute approximate surface area is 131 Å². The zero-order chi connectivity index (χ0) is 15.7. The molecule has 3 N–H and O–H groups in total. The van der Waals surface area contributed by atoms with Gasteiger partial charge in [0, 0.05) is 13.1 Å². The second-order valence-electron chi connectivity index (χ2n) is 5.15. The third-order valence-corrected chi connectivity index (χ3v) is 3.68. The minimum atomic E-state index is -1.10. The first-order valence-electron chi connectivity index (χ1n) is 7.30. The first kappa shape index (κ1) is 17.9. The summed E-state index contributed by atoms with van der Waals surface area (Å²) in [7, 11) is 0. The molecular weight excluding hydrogens is 286 g/mol. The Balaban J connectivity index is 2.59. The molecule has 1 aromatic rings. The van der Waals surface area contributed by atoms with Crippen LogP contribution in [0.3, 0.4) is 0 Å². The maximum atomic E-state index is 10.5. The Hall–Kier alpha value is -1.14. The molecular formula is C15H27N3O2S. The van der Waals surface area contributed by atoms with E-state index in [0.29, 0.717) is 5.76 Å². The van der Waals surface area contributed by atoms with E-state index in [1.54, 1.807) is 13.0 Å². The van der Waals surface area contributed by atoms with Crippen LogP contribution in [0, 0.1) is 6.92 Å². The molecule has 0 spiro atoms. The molecule has 1 heterocycles. The molecule has 0 aromatic carbocycles. The van der Waals surface area contributed by atoms with E-state index in [-0.39, 0.29) is 6.54 Å². The van der Waals surface area contributed by atoms with E-state index in [0.717, 1.165) is 37.0 Å². The van der Waals surface area contributed by atoms with Crippen molar-refractivity contribution in [3.8, 4) is 0 Å². The predicted molar refractivity (Wildman–Crippen MR) is 90.0 cm³/mol. The summed E-state index contributed by atoms with van der Waals surface area (Å²) in [5.74, 6) is 3.18. The van der Waals surface area contributed by atoms with Crippen LogP contribution in [0.2, 0.25) is 0 Å². The fourth-order valence-electron chi connectivity index (χ4n) is 1.80. The summed E-state index contributed by atoms with van der Waals surface area (Å²) in [4.78, 5) is 4.45. The predicted octanol–water partition coefficient (Wildman–Crippen LogP) is 2.10. The lowest BCUT2D eigenvalue weighted by molar-refractivity contribution is 0.0428. The topological polar surface area (TPSA) is 69.8 Å². The van der Waals surface area contributed by atoms with Gasteiger partial charge in [0.2, 0.25) is 0 Å². The van der Waals surface area contributed by atoms with Crippen molar-refractivity contribution in [2.45, 2.75) is 32.8 Å². The first-order valence-corrected chi connectivity index (χ1v) is 8.69. The Kier molecular flexibility index (Phi) is 7.67. The molecule has 0 saturated heterocycles. The molecule has 6 heteroatoms. The summed E-state index contributed by atoms with van der Waals surface area (Å²) >= 11 is 1.83. The molecule has 0 radical (unpaired) electrons. The minimum Gasteiger partial charge on any atom is -0.463 e. The number of thioether (sulfide) groups is 1. The standard InChI is InChI=1S/C15H27N3O2S/c1-5-16-14(17-9-6-10-21-4)18-11-15(3,19)13-8-7-12(2)20-13/h7-8,19H,5-6,9-11H2,1-4H3,(H2,16,17,18). The number of nitrogens with zero attached hydrogens (tertiary/aromatic N) is 1. The molecule has 0 aliphatic carbocycles. The van der Waals surface area contributed by atoms with E-state index in [9.17, 15) is 5.11 Å². The molecule has 120 valence electrons. The normalized spacial score (nSPS) is 14.8. The van der Waals surface area contributed by atoms with Gasteiger partial charge < -0.3 is 20.2 Å². The van der Waals surface area contributed by atoms with Crippen LogP contribution in [-0.2, 0) is 5.60 Å². The molecule has 0 amide bonds. The molecule has 5 nitrogen and oxygen atoms in total. The van der Waals surface area contributed by atoms with Gasteiger partial charge >= 0.3 is 0 Å². The third kappa shape index (κ3) is 6.44. The average Bonchev–Trinajstić information content (AvgIpc) is 2.88. The van der Waals surface area contributed by atoms with E-state index in [1.807, 2.05) is 31.7 Å². The smallest absolute Gasteiger partial charge is 0.191 e. The largest absolute Gasteiger partial charge is 0.463 e. The van der Waals surface area contributed by atoms with Gasteiger partial charge in [-0.05, 0) is 51.3 Å². The summed E-state index contributed by atoms with van der Waals surface area (Å²) in [6.07, 6.45) is 3.18. The van der Waals surface area contributed by atoms with Crippen molar-refractivity contribution >= 4 is 17.7 Å². The van der Waals surface area contributed by atoms with Crippen molar-refractivity contribution in [2.75, 3.05) is 31.6 Å². The maximum Gasteiger partial charge on any atom is 0.191 e. The highest BCUT2D eigenvalue weighted by Crippen LogP contribution is 2.22. The summed E-state index contributed by atoms with van der Waals surface area (Å²) in [5.41, 5.74) is -1.10. The van der Waals surface area contributed by atoms with Crippen LogP contribution in [0.25, 0.3) is 0 Å². The second-order valence-corrected chi connectivity index (χ2v) is 6.14. The Morgan fingerprint density at radius 1 is 1.43 bits per heavy atom. The Bertz CT molecular complexity index is 444. The monoisotopic (exact) mass is 313 g/mol. The number of furan rings is 1. The molecule has 1 atom stereocenters. The van der Waals surface area contributed by atoms with Gasteiger partial charge in [0.25, 0.3) is 0 Å². The van der Waals surface area contributed by atoms with Gasteiger partial charge in [-0.3, -0.25) is 0 Å². The lowest BCUT2D eigenvalue weighted by Gasteiger charge is -2.19. The highest BCUT2D eigenvalue weighted by molar-refractivity contribution is 7.98. The first-order chi connectivity index (χ1) is 9.99. The lowest BCUT2D eigenvalue weighted by atomic mass is 10.0. The second kappa shape index (κ2) is 9.00. The number of guanidine groups is 1. The van der Waals surface area contributed by atoms with Crippen molar-refractivity contribution in [2.24, 2.45) is 4.99 Å². The van der Waals surface area contributed by atoms with Crippen LogP contribution < -0.4 is 10.6 Å². The van der Waals surface area contributed by atoms with Gasteiger partial charge in [-0.15, -0.1) is 0 Å². The third-order valence-electron chi connectivity index (χ3n) is 2.98. The van der Waals surface area contributed by atoms with Crippen molar-refractivity contribution in [3.05, 3.63) is 23.7 Å². The van der Waals surface area contributed by atoms with Gasteiger partial charge in [0.05, 0.1) is 6.54 Å². The van der Waals surface area contributed by atoms with Crippen molar-refractivity contribution < 1.29 is 9.52 Å². The van der Waals surface area contributed by atoms with Crippen molar-refractivity contribution in [1.82, 2.24) is 10.6 Å². The minimum absolute atomic E-state index is 0.248. The van der Waals surface area contributed by atoms with Gasteiger partial charge in [-0.1, -0.05) is 0 Å². The molecule has 1 unspecified atom stereocenters. The van der Waals surface area contributed by atoms with Crippen LogP contribution in [-0.4, -0.2) is 42.7 Å². The van der Waals surface area contributed by atoms with Crippen molar-refractivity contribution in [1.29, 1.82) is 0 Å². The molecule has 0 saturated carbocycles. The van der Waals surface area contributed by atoms with Crippen LogP contribution in [0.15, 0.2) is 21.5 Å². The van der Waals surface area contributed by atoms with Crippen LogP contribution in [0.5, 0.6) is 0 Å². The highest BCUT2D eigenvalue weighted by Gasteiger charge is 2.26. The number of hydrogen-bond donors (Lipinski definition) is 3. The summed E-state index contributed by atoms with van der Waals surface area (Å²) in [5, 5.41) is 16.9. The Morgan fingerprint density at radius 2 is 2.19 bits per heavy atom. The SMILES string of the molecule is CCNC(=NCC(C)(O)c1ccc(C)o1)NCCCSC. The van der Waals surface area contributed by atoms with E-state index < -0.39 is 5.60 Å². The molecule has 0 aliphatic heterocycles. The number of aliphatic imine (C=N–C) groups is 1. The quantitative estimate of drug-likeness (QED) is 0.389. The number of nitrogens with one attached hydrogen (secondary N) is 2. The maximum absolute atomic E-state index is 10.5. The highest BCUT2D eigenvalue weighted by atomic mass is 32.2. The van der Waals surface area contributed by atoms with Gasteiger partial charge in [-0.2, -0.15) is 11.8 Å². The average molecular weight is 313 g/mol. The summed E-state index contributed by atoms with van der Waals surface area (Å²) in [6, 6.07) is 3.64. The molecule has 21 heavy (non-hydrogen) atoms. The molecule has 0 fully saturated rings. The lowest BCUT2D eigenvalue weighted by Crippen LogP contribution is -2.39. The fourth-order valence-corrected chi connectivity index (χ4v) is 2.23. The number of rotatable bonds is 8. The summed E-state index contributed by atoms with van der Waals surface area (Å²) in [6.45, 7) is 7.50. The Morgan fingerprint density at radius 3 is 2.76 bits per heavy atom. The van der Waals surface area contributed by atoms with E-state index in [4.69, 9.17) is 4.42 Å². The number of hydrogen-bond acceptors (Lipinski definition) is 4. The van der Waals surface area contributed by atoms with Crippen LogP contribution in [0.1, 0.15) is 31.8 Å². The fraction of sp³-hybridized carbons (Fsp3) is 0.667.